The Kier molecular flexibility index (Phi) is 7.66. The number of amides is 1. The topological polar surface area (TPSA) is 92.2 Å². The second-order valence-corrected chi connectivity index (χ2v) is 6.74. The van der Waals surface area contributed by atoms with E-state index < -0.39 is 11.5 Å². The van der Waals surface area contributed by atoms with Crippen LogP contribution in [0.2, 0.25) is 0 Å². The molecule has 0 unspecified atom stereocenters. The van der Waals surface area contributed by atoms with Crippen molar-refractivity contribution in [3.8, 4) is 0 Å². The molecular weight excluding hydrogens is 326 g/mol. The molecule has 0 aliphatic rings. The lowest BCUT2D eigenvalue weighted by molar-refractivity contribution is -0.139. The lowest BCUT2D eigenvalue weighted by Gasteiger charge is -2.31. The van der Waals surface area contributed by atoms with Crippen molar-refractivity contribution in [2.24, 2.45) is 0 Å². The number of rotatable bonds is 9. The monoisotopic (exact) mass is 353 g/mol. The summed E-state index contributed by atoms with van der Waals surface area (Å²) in [6, 6.07) is 0. The molecule has 1 heterocycles. The Morgan fingerprint density at radius 2 is 1.71 bits per heavy atom. The van der Waals surface area contributed by atoms with E-state index in [1.165, 1.54) is 11.8 Å². The van der Waals surface area contributed by atoms with Crippen LogP contribution in [0.25, 0.3) is 0 Å². The van der Waals surface area contributed by atoms with Crippen LogP contribution in [0.15, 0.2) is 5.16 Å². The zero-order valence-electron chi connectivity index (χ0n) is 15.1. The fraction of sp³-hybridized carbons (Fsp3) is 0.647. The van der Waals surface area contributed by atoms with E-state index in [0.717, 1.165) is 22.1 Å². The molecule has 7 heteroatoms. The van der Waals surface area contributed by atoms with Gasteiger partial charge in [-0.25, -0.2) is 9.97 Å². The van der Waals surface area contributed by atoms with Gasteiger partial charge in [0.25, 0.3) is 0 Å². The van der Waals surface area contributed by atoms with Gasteiger partial charge in [-0.3, -0.25) is 9.59 Å². The van der Waals surface area contributed by atoms with Gasteiger partial charge in [0, 0.05) is 23.3 Å². The van der Waals surface area contributed by atoms with Crippen molar-refractivity contribution in [2.45, 2.75) is 70.5 Å². The van der Waals surface area contributed by atoms with Gasteiger partial charge in [0.05, 0.1) is 6.42 Å². The van der Waals surface area contributed by atoms with Crippen LogP contribution >= 0.6 is 11.8 Å². The van der Waals surface area contributed by atoms with Gasteiger partial charge in [-0.2, -0.15) is 0 Å². The molecule has 1 rings (SSSR count). The number of carboxylic acid groups (broad SMARTS) is 1. The van der Waals surface area contributed by atoms with Gasteiger partial charge in [-0.15, -0.1) is 0 Å². The fourth-order valence-corrected chi connectivity index (χ4v) is 3.23. The van der Waals surface area contributed by atoms with Crippen molar-refractivity contribution >= 4 is 23.6 Å². The third kappa shape index (κ3) is 5.47. The Balaban J connectivity index is 2.77. The molecule has 0 atom stereocenters. The Morgan fingerprint density at radius 3 is 2.12 bits per heavy atom. The first kappa shape index (κ1) is 20.4. The van der Waals surface area contributed by atoms with Crippen molar-refractivity contribution < 1.29 is 14.7 Å². The average Bonchev–Trinajstić information content (AvgIpc) is 2.52. The lowest BCUT2D eigenvalue weighted by atomic mass is 9.88. The Bertz CT molecular complexity index is 578. The van der Waals surface area contributed by atoms with Crippen molar-refractivity contribution in [1.82, 2.24) is 15.3 Å². The van der Waals surface area contributed by atoms with Crippen molar-refractivity contribution in [3.63, 3.8) is 0 Å². The molecule has 0 bridgehead atoms. The summed E-state index contributed by atoms with van der Waals surface area (Å²) in [6.45, 7) is 7.65. The normalized spacial score (nSPS) is 11.4. The highest BCUT2D eigenvalue weighted by atomic mass is 32.2. The molecule has 134 valence electrons. The standard InChI is InChI=1S/C17H27N3O3S/c1-6-17(7-2,10-15(22)23)20-14(21)9-8-13-11(3)18-16(24-5)19-12(13)4/h6-10H2,1-5H3,(H,20,21)(H,22,23). The minimum atomic E-state index is -0.897. The Hall–Kier alpha value is -1.63. The van der Waals surface area contributed by atoms with Gasteiger partial charge in [0.1, 0.15) is 0 Å². The van der Waals surface area contributed by atoms with Crippen molar-refractivity contribution in [2.75, 3.05) is 6.26 Å². The number of aromatic nitrogens is 2. The molecule has 0 aliphatic carbocycles. The average molecular weight is 353 g/mol. The third-order valence-electron chi connectivity index (χ3n) is 4.43. The molecule has 6 nitrogen and oxygen atoms in total. The van der Waals surface area contributed by atoms with E-state index in [0.29, 0.717) is 25.7 Å². The number of nitrogens with zero attached hydrogens (tertiary/aromatic N) is 2. The minimum absolute atomic E-state index is 0.0602. The molecular formula is C17H27N3O3S. The number of carbonyl (C=O) groups excluding carboxylic acids is 1. The molecule has 0 fully saturated rings. The maximum Gasteiger partial charge on any atom is 0.305 e. The summed E-state index contributed by atoms with van der Waals surface area (Å²) in [5, 5.41) is 12.7. The first-order valence-corrected chi connectivity index (χ1v) is 9.40. The zero-order chi connectivity index (χ0) is 18.3. The molecule has 0 saturated heterocycles. The Labute approximate surface area is 147 Å². The number of thioether (sulfide) groups is 1. The van der Waals surface area contributed by atoms with Crippen LogP contribution in [0.5, 0.6) is 0 Å². The first-order valence-electron chi connectivity index (χ1n) is 8.17. The summed E-state index contributed by atoms with van der Waals surface area (Å²) in [5.74, 6) is -1.03. The van der Waals surface area contributed by atoms with Gasteiger partial charge in [-0.1, -0.05) is 25.6 Å². The molecule has 0 spiro atoms. The number of carboxylic acids is 1. The predicted octanol–water partition coefficient (Wildman–Crippen LogP) is 2.90. The predicted molar refractivity (Wildman–Crippen MR) is 95.3 cm³/mol. The van der Waals surface area contributed by atoms with E-state index in [1.807, 2.05) is 34.0 Å². The summed E-state index contributed by atoms with van der Waals surface area (Å²) in [4.78, 5) is 32.2. The molecule has 24 heavy (non-hydrogen) atoms. The maximum absolute atomic E-state index is 12.3. The highest BCUT2D eigenvalue weighted by molar-refractivity contribution is 7.98. The molecule has 0 radical (unpaired) electrons. The van der Waals surface area contributed by atoms with E-state index in [2.05, 4.69) is 15.3 Å². The highest BCUT2D eigenvalue weighted by Gasteiger charge is 2.30. The summed E-state index contributed by atoms with van der Waals surface area (Å²) < 4.78 is 0. The summed E-state index contributed by atoms with van der Waals surface area (Å²) in [7, 11) is 0. The van der Waals surface area contributed by atoms with Gasteiger partial charge in [-0.05, 0) is 44.9 Å². The smallest absolute Gasteiger partial charge is 0.305 e. The molecule has 0 aromatic carbocycles. The molecule has 1 amide bonds. The van der Waals surface area contributed by atoms with E-state index >= 15 is 0 Å². The van der Waals surface area contributed by atoms with E-state index in [9.17, 15) is 9.59 Å². The second kappa shape index (κ2) is 9.01. The summed E-state index contributed by atoms with van der Waals surface area (Å²) in [5.41, 5.74) is 2.09. The van der Waals surface area contributed by atoms with Crippen LogP contribution in [0.3, 0.4) is 0 Å². The molecule has 0 saturated carbocycles. The largest absolute Gasteiger partial charge is 0.481 e. The van der Waals surface area contributed by atoms with Gasteiger partial charge < -0.3 is 10.4 Å². The summed E-state index contributed by atoms with van der Waals surface area (Å²) >= 11 is 1.49. The van der Waals surface area contributed by atoms with Gasteiger partial charge in [0.15, 0.2) is 5.16 Å². The number of hydrogen-bond acceptors (Lipinski definition) is 5. The number of nitrogens with one attached hydrogen (secondary N) is 1. The van der Waals surface area contributed by atoms with E-state index in [1.54, 1.807) is 0 Å². The maximum atomic E-state index is 12.3. The van der Waals surface area contributed by atoms with Gasteiger partial charge in [0.2, 0.25) is 5.91 Å². The van der Waals surface area contributed by atoms with Crippen LogP contribution in [0.4, 0.5) is 0 Å². The molecule has 1 aromatic rings. The Morgan fingerprint density at radius 1 is 1.17 bits per heavy atom. The molecule has 2 N–H and O–H groups in total. The van der Waals surface area contributed by atoms with E-state index in [-0.39, 0.29) is 12.3 Å². The number of aliphatic carboxylic acids is 1. The number of carbonyl (C=O) groups is 2. The van der Waals surface area contributed by atoms with Gasteiger partial charge >= 0.3 is 5.97 Å². The highest BCUT2D eigenvalue weighted by Crippen LogP contribution is 2.21. The fourth-order valence-electron chi connectivity index (χ4n) is 2.77. The van der Waals surface area contributed by atoms with Crippen molar-refractivity contribution in [3.05, 3.63) is 17.0 Å². The van der Waals surface area contributed by atoms with Crippen LogP contribution < -0.4 is 5.32 Å². The molecule has 1 aromatic heterocycles. The minimum Gasteiger partial charge on any atom is -0.481 e. The SMILES string of the molecule is CCC(CC)(CC(=O)O)NC(=O)CCc1c(C)nc(SC)nc1C. The first-order chi connectivity index (χ1) is 11.3. The number of hydrogen-bond donors (Lipinski definition) is 2. The second-order valence-electron chi connectivity index (χ2n) is 5.97. The summed E-state index contributed by atoms with van der Waals surface area (Å²) in [6.07, 6.45) is 3.89. The third-order valence-corrected chi connectivity index (χ3v) is 4.98. The van der Waals surface area contributed by atoms with Crippen molar-refractivity contribution in [1.29, 1.82) is 0 Å². The molecule has 0 aliphatic heterocycles. The zero-order valence-corrected chi connectivity index (χ0v) is 15.9. The van der Waals surface area contributed by atoms with Crippen LogP contribution in [-0.4, -0.2) is 38.7 Å². The quantitative estimate of drug-likeness (QED) is 0.524. The van der Waals surface area contributed by atoms with Crippen LogP contribution in [0.1, 0.15) is 56.5 Å². The number of aryl methyl sites for hydroxylation is 2. The van der Waals surface area contributed by atoms with Crippen LogP contribution in [-0.2, 0) is 16.0 Å². The van der Waals surface area contributed by atoms with Crippen LogP contribution in [0, 0.1) is 13.8 Å². The van der Waals surface area contributed by atoms with E-state index in [4.69, 9.17) is 5.11 Å². The lowest BCUT2D eigenvalue weighted by Crippen LogP contribution is -2.49.